The lowest BCUT2D eigenvalue weighted by Gasteiger charge is -2.25. The Hall–Kier alpha value is -2.80. The molecule has 2 aromatic rings. The molecule has 0 bridgehead atoms. The number of aryl methyl sites for hydroxylation is 1. The average molecular weight is 362 g/mol. The van der Waals surface area contributed by atoms with Gasteiger partial charge in [0.2, 0.25) is 0 Å². The molecular formula is C26H35N. The summed E-state index contributed by atoms with van der Waals surface area (Å²) in [6, 6.07) is 16.7. The minimum atomic E-state index is 0.849. The quantitative estimate of drug-likeness (QED) is 0.381. The standard InChI is InChI=1S/C20H21N.C3H8.C3H6/c1-6-17(5)21(19-11-7-16(4)8-12-19)20-13-9-18(10-14-20)15(2)3;2*1-3-2/h6-14H,1-2,5H2,3-4H3;3H2,1-2H3;3H,1H2,2H3. The van der Waals surface area contributed by atoms with Gasteiger partial charge >= 0.3 is 0 Å². The number of hydrogen-bond acceptors (Lipinski definition) is 1. The highest BCUT2D eigenvalue weighted by atomic mass is 15.1. The molecule has 0 N–H and O–H groups in total. The van der Waals surface area contributed by atoms with Gasteiger partial charge < -0.3 is 4.90 Å². The second-order valence-electron chi connectivity index (χ2n) is 6.31. The van der Waals surface area contributed by atoms with Crippen LogP contribution in [0.4, 0.5) is 11.4 Å². The van der Waals surface area contributed by atoms with Gasteiger partial charge in [-0.2, -0.15) is 0 Å². The van der Waals surface area contributed by atoms with Crippen molar-refractivity contribution < 1.29 is 0 Å². The molecule has 144 valence electrons. The van der Waals surface area contributed by atoms with E-state index >= 15 is 0 Å². The van der Waals surface area contributed by atoms with Gasteiger partial charge in [0, 0.05) is 17.1 Å². The maximum absolute atomic E-state index is 4.10. The Balaban J connectivity index is 0.000000997. The van der Waals surface area contributed by atoms with E-state index in [-0.39, 0.29) is 0 Å². The molecule has 0 unspecified atom stereocenters. The van der Waals surface area contributed by atoms with Crippen LogP contribution >= 0.6 is 0 Å². The molecule has 0 aliphatic rings. The molecule has 0 amide bonds. The van der Waals surface area contributed by atoms with E-state index in [0.29, 0.717) is 0 Å². The Morgan fingerprint density at radius 1 is 0.889 bits per heavy atom. The van der Waals surface area contributed by atoms with Gasteiger partial charge in [-0.1, -0.05) is 81.5 Å². The summed E-state index contributed by atoms with van der Waals surface area (Å²) in [5, 5.41) is 0. The molecule has 1 heteroatoms. The molecular weight excluding hydrogens is 326 g/mol. The zero-order valence-electron chi connectivity index (χ0n) is 17.8. The lowest BCUT2D eigenvalue weighted by atomic mass is 10.1. The van der Waals surface area contributed by atoms with E-state index in [2.05, 4.69) is 101 Å². The van der Waals surface area contributed by atoms with Crippen LogP contribution in [0.25, 0.3) is 5.57 Å². The van der Waals surface area contributed by atoms with Crippen LogP contribution in [-0.2, 0) is 0 Å². The van der Waals surface area contributed by atoms with Crippen molar-refractivity contribution in [2.45, 2.75) is 41.0 Å². The van der Waals surface area contributed by atoms with Crippen molar-refractivity contribution in [3.05, 3.63) is 104 Å². The molecule has 1 nitrogen and oxygen atoms in total. The van der Waals surface area contributed by atoms with E-state index in [1.54, 1.807) is 12.2 Å². The lowest BCUT2D eigenvalue weighted by molar-refractivity contribution is 1.09. The molecule has 0 saturated heterocycles. The van der Waals surface area contributed by atoms with Crippen molar-refractivity contribution in [3.8, 4) is 0 Å². The van der Waals surface area contributed by atoms with Crippen molar-refractivity contribution in [1.29, 1.82) is 0 Å². The summed E-state index contributed by atoms with van der Waals surface area (Å²) in [6.07, 6.45) is 4.77. The molecule has 0 heterocycles. The molecule has 0 aliphatic heterocycles. The van der Waals surface area contributed by atoms with Crippen LogP contribution in [0, 0.1) is 6.92 Å². The minimum Gasteiger partial charge on any atom is -0.311 e. The van der Waals surface area contributed by atoms with Crippen molar-refractivity contribution >= 4 is 16.9 Å². The fourth-order valence-corrected chi connectivity index (χ4v) is 2.16. The zero-order valence-corrected chi connectivity index (χ0v) is 17.8. The van der Waals surface area contributed by atoms with E-state index in [4.69, 9.17) is 0 Å². The number of hydrogen-bond donors (Lipinski definition) is 0. The summed E-state index contributed by atoms with van der Waals surface area (Å²) < 4.78 is 0. The Kier molecular flexibility index (Phi) is 12.0. The van der Waals surface area contributed by atoms with Gasteiger partial charge in [-0.15, -0.1) is 6.58 Å². The first-order valence-corrected chi connectivity index (χ1v) is 9.37. The highest BCUT2D eigenvalue weighted by Crippen LogP contribution is 2.30. The first kappa shape index (κ1) is 24.2. The summed E-state index contributed by atoms with van der Waals surface area (Å²) >= 11 is 0. The first-order chi connectivity index (χ1) is 12.9. The van der Waals surface area contributed by atoms with Crippen molar-refractivity contribution in [3.63, 3.8) is 0 Å². The highest BCUT2D eigenvalue weighted by Gasteiger charge is 2.11. The summed E-state index contributed by atoms with van der Waals surface area (Å²) in [5.74, 6) is 0. The van der Waals surface area contributed by atoms with E-state index < -0.39 is 0 Å². The maximum atomic E-state index is 4.10. The molecule has 0 radical (unpaired) electrons. The smallest absolute Gasteiger partial charge is 0.0461 e. The maximum Gasteiger partial charge on any atom is 0.0461 e. The lowest BCUT2D eigenvalue weighted by Crippen LogP contribution is -2.14. The van der Waals surface area contributed by atoms with Gasteiger partial charge in [0.15, 0.2) is 0 Å². The third-order valence-corrected chi connectivity index (χ3v) is 3.43. The van der Waals surface area contributed by atoms with Crippen molar-refractivity contribution in [2.75, 3.05) is 4.90 Å². The number of benzene rings is 2. The Morgan fingerprint density at radius 2 is 1.26 bits per heavy atom. The third kappa shape index (κ3) is 8.42. The van der Waals surface area contributed by atoms with Crippen LogP contribution in [0.3, 0.4) is 0 Å². The van der Waals surface area contributed by atoms with Gasteiger partial charge in [0.05, 0.1) is 0 Å². The molecule has 0 fully saturated rings. The zero-order chi connectivity index (χ0) is 20.8. The summed E-state index contributed by atoms with van der Waals surface area (Å²) in [4.78, 5) is 2.09. The molecule has 0 aliphatic carbocycles. The van der Waals surface area contributed by atoms with Crippen LogP contribution in [0.2, 0.25) is 0 Å². The van der Waals surface area contributed by atoms with E-state index in [9.17, 15) is 0 Å². The Labute approximate surface area is 167 Å². The molecule has 2 aromatic carbocycles. The molecule has 0 aromatic heterocycles. The molecule has 27 heavy (non-hydrogen) atoms. The summed E-state index contributed by atoms with van der Waals surface area (Å²) in [6.45, 7) is 25.5. The van der Waals surface area contributed by atoms with Gasteiger partial charge in [0.25, 0.3) is 0 Å². The van der Waals surface area contributed by atoms with E-state index in [0.717, 1.165) is 28.2 Å². The summed E-state index contributed by atoms with van der Waals surface area (Å²) in [7, 11) is 0. The largest absolute Gasteiger partial charge is 0.311 e. The second kappa shape index (κ2) is 13.4. The van der Waals surface area contributed by atoms with Gasteiger partial charge in [-0.3, -0.25) is 0 Å². The van der Waals surface area contributed by atoms with Crippen LogP contribution in [0.1, 0.15) is 45.2 Å². The van der Waals surface area contributed by atoms with Crippen molar-refractivity contribution in [1.82, 2.24) is 0 Å². The van der Waals surface area contributed by atoms with Gasteiger partial charge in [0.1, 0.15) is 0 Å². The Bertz CT molecular complexity index is 718. The third-order valence-electron chi connectivity index (χ3n) is 3.43. The van der Waals surface area contributed by atoms with E-state index in [1.807, 2.05) is 13.8 Å². The molecule has 2 rings (SSSR count). The predicted molar refractivity (Wildman–Crippen MR) is 126 cm³/mol. The Morgan fingerprint density at radius 3 is 1.59 bits per heavy atom. The van der Waals surface area contributed by atoms with Gasteiger partial charge in [-0.05, 0) is 56.7 Å². The number of allylic oxidation sites excluding steroid dienone is 3. The van der Waals surface area contributed by atoms with Gasteiger partial charge in [-0.25, -0.2) is 0 Å². The van der Waals surface area contributed by atoms with E-state index in [1.165, 1.54) is 12.0 Å². The molecule has 0 atom stereocenters. The van der Waals surface area contributed by atoms with Crippen LogP contribution in [0.5, 0.6) is 0 Å². The fraction of sp³-hybridized carbons (Fsp3) is 0.231. The van der Waals surface area contributed by atoms with Crippen LogP contribution in [0.15, 0.2) is 92.7 Å². The topological polar surface area (TPSA) is 3.24 Å². The second-order valence-corrected chi connectivity index (χ2v) is 6.31. The monoisotopic (exact) mass is 361 g/mol. The first-order valence-electron chi connectivity index (χ1n) is 9.37. The van der Waals surface area contributed by atoms with Crippen LogP contribution < -0.4 is 4.90 Å². The number of rotatable bonds is 5. The number of anilines is 2. The molecule has 0 saturated carbocycles. The summed E-state index contributed by atoms with van der Waals surface area (Å²) in [5.41, 5.74) is 6.43. The fourth-order valence-electron chi connectivity index (χ4n) is 2.16. The normalized spacial score (nSPS) is 8.93. The van der Waals surface area contributed by atoms with Crippen molar-refractivity contribution in [2.24, 2.45) is 0 Å². The SMILES string of the molecule is C=CC.C=CC(=C)N(c1ccc(C)cc1)c1ccc(C(=C)C)cc1.CCC. The average Bonchev–Trinajstić information content (AvgIpc) is 2.65. The minimum absolute atomic E-state index is 0.849. The highest BCUT2D eigenvalue weighted by molar-refractivity contribution is 5.72. The molecule has 0 spiro atoms. The number of nitrogens with zero attached hydrogens (tertiary/aromatic N) is 1. The van der Waals surface area contributed by atoms with Crippen LogP contribution in [-0.4, -0.2) is 0 Å². The predicted octanol–water partition coefficient (Wildman–Crippen LogP) is 8.47.